The smallest absolute Gasteiger partial charge is 0.0522 e. The van der Waals surface area contributed by atoms with Crippen LogP contribution in [-0.2, 0) is 0 Å². The van der Waals surface area contributed by atoms with Gasteiger partial charge >= 0.3 is 0 Å². The van der Waals surface area contributed by atoms with E-state index in [0.29, 0.717) is 0 Å². The Balaban J connectivity index is 2.11. The molecule has 2 nitrogen and oxygen atoms in total. The van der Waals surface area contributed by atoms with Crippen LogP contribution in [0.5, 0.6) is 0 Å². The van der Waals surface area contributed by atoms with E-state index in [1.165, 1.54) is 31.2 Å². The maximum atomic E-state index is 4.01. The van der Waals surface area contributed by atoms with E-state index in [1.54, 1.807) is 0 Å². The van der Waals surface area contributed by atoms with E-state index in [0.717, 1.165) is 11.8 Å². The van der Waals surface area contributed by atoms with Gasteiger partial charge in [0.05, 0.1) is 6.20 Å². The summed E-state index contributed by atoms with van der Waals surface area (Å²) in [4.78, 5) is 0. The van der Waals surface area contributed by atoms with Gasteiger partial charge in [-0.25, -0.2) is 0 Å². The van der Waals surface area contributed by atoms with Crippen molar-refractivity contribution >= 4 is 0 Å². The molecule has 0 amide bonds. The molecular weight excluding hydrogens is 148 g/mol. The molecule has 2 rings (SSSR count). The highest BCUT2D eigenvalue weighted by atomic mass is 15.1. The normalized spacial score (nSPS) is 30.4. The predicted molar refractivity (Wildman–Crippen MR) is 49.0 cm³/mol. The third kappa shape index (κ3) is 1.38. The Morgan fingerprint density at radius 3 is 2.92 bits per heavy atom. The second-order valence-corrected chi connectivity index (χ2v) is 3.90. The van der Waals surface area contributed by atoms with Crippen molar-refractivity contribution in [3.05, 3.63) is 18.0 Å². The highest BCUT2D eigenvalue weighted by Gasteiger charge is 2.22. The highest BCUT2D eigenvalue weighted by molar-refractivity contribution is 5.12. The molecule has 1 saturated carbocycles. The van der Waals surface area contributed by atoms with Crippen molar-refractivity contribution in [2.75, 3.05) is 0 Å². The highest BCUT2D eigenvalue weighted by Crippen LogP contribution is 2.36. The summed E-state index contributed by atoms with van der Waals surface area (Å²) < 4.78 is 0. The summed E-state index contributed by atoms with van der Waals surface area (Å²) in [6.07, 6.45) is 9.56. The number of H-pyrrole nitrogens is 1. The largest absolute Gasteiger partial charge is 0.285 e. The fourth-order valence-electron chi connectivity index (χ4n) is 2.28. The van der Waals surface area contributed by atoms with Gasteiger partial charge in [0.15, 0.2) is 0 Å². The van der Waals surface area contributed by atoms with Crippen molar-refractivity contribution in [2.45, 2.75) is 38.5 Å². The average Bonchev–Trinajstić information content (AvgIpc) is 2.57. The molecule has 0 radical (unpaired) electrons. The lowest BCUT2D eigenvalue weighted by atomic mass is 9.77. The summed E-state index contributed by atoms with van der Waals surface area (Å²) in [7, 11) is 0. The first kappa shape index (κ1) is 7.84. The van der Waals surface area contributed by atoms with Gasteiger partial charge in [-0.2, -0.15) is 5.10 Å². The number of rotatable bonds is 1. The van der Waals surface area contributed by atoms with Crippen LogP contribution in [0.4, 0.5) is 0 Å². The van der Waals surface area contributed by atoms with Crippen molar-refractivity contribution in [2.24, 2.45) is 5.92 Å². The van der Waals surface area contributed by atoms with Crippen molar-refractivity contribution < 1.29 is 0 Å². The molecule has 66 valence electrons. The van der Waals surface area contributed by atoms with Gasteiger partial charge in [-0.1, -0.05) is 26.2 Å². The summed E-state index contributed by atoms with van der Waals surface area (Å²) in [5.41, 5.74) is 1.40. The molecule has 2 heteroatoms. The third-order valence-corrected chi connectivity index (χ3v) is 3.06. The van der Waals surface area contributed by atoms with Crippen molar-refractivity contribution in [3.8, 4) is 0 Å². The number of aromatic nitrogens is 2. The minimum atomic E-state index is 0.762. The topological polar surface area (TPSA) is 28.7 Å². The molecule has 1 N–H and O–H groups in total. The summed E-state index contributed by atoms with van der Waals surface area (Å²) in [5.74, 6) is 1.61. The van der Waals surface area contributed by atoms with Crippen molar-refractivity contribution in [3.63, 3.8) is 0 Å². The summed E-state index contributed by atoms with van der Waals surface area (Å²) >= 11 is 0. The van der Waals surface area contributed by atoms with E-state index < -0.39 is 0 Å². The molecule has 1 aromatic heterocycles. The van der Waals surface area contributed by atoms with Crippen LogP contribution < -0.4 is 0 Å². The van der Waals surface area contributed by atoms with Crippen molar-refractivity contribution in [1.82, 2.24) is 10.2 Å². The number of aromatic amines is 1. The first-order chi connectivity index (χ1) is 5.88. The molecule has 0 bridgehead atoms. The second-order valence-electron chi connectivity index (χ2n) is 3.90. The first-order valence-electron chi connectivity index (χ1n) is 4.86. The summed E-state index contributed by atoms with van der Waals surface area (Å²) in [5, 5.41) is 6.90. The first-order valence-corrected chi connectivity index (χ1v) is 4.86. The van der Waals surface area contributed by atoms with E-state index in [2.05, 4.69) is 17.1 Å². The minimum absolute atomic E-state index is 0.762. The Morgan fingerprint density at radius 1 is 1.42 bits per heavy atom. The van der Waals surface area contributed by atoms with Gasteiger partial charge in [-0.15, -0.1) is 0 Å². The maximum Gasteiger partial charge on any atom is 0.0522 e. The number of nitrogens with one attached hydrogen (secondary N) is 1. The molecule has 1 aromatic rings. The van der Waals surface area contributed by atoms with Gasteiger partial charge in [0.2, 0.25) is 0 Å². The molecule has 0 aliphatic heterocycles. The number of hydrogen-bond acceptors (Lipinski definition) is 1. The van der Waals surface area contributed by atoms with E-state index in [-0.39, 0.29) is 0 Å². The Bertz CT molecular complexity index is 228. The van der Waals surface area contributed by atoms with E-state index >= 15 is 0 Å². The molecule has 1 fully saturated rings. The van der Waals surface area contributed by atoms with E-state index in [4.69, 9.17) is 0 Å². The van der Waals surface area contributed by atoms with Gasteiger partial charge in [0, 0.05) is 6.20 Å². The minimum Gasteiger partial charge on any atom is -0.285 e. The van der Waals surface area contributed by atoms with Gasteiger partial charge in [-0.3, -0.25) is 5.10 Å². The molecule has 12 heavy (non-hydrogen) atoms. The Labute approximate surface area is 73.4 Å². The molecule has 1 aliphatic rings. The molecular formula is C10H16N2. The Kier molecular flexibility index (Phi) is 2.15. The molecule has 0 aromatic carbocycles. The fourth-order valence-corrected chi connectivity index (χ4v) is 2.28. The SMILES string of the molecule is CC1CCCCC1c1cn[nH]c1. The predicted octanol–water partition coefficient (Wildman–Crippen LogP) is 2.70. The van der Waals surface area contributed by atoms with Crippen LogP contribution in [0.15, 0.2) is 12.4 Å². The maximum absolute atomic E-state index is 4.01. The quantitative estimate of drug-likeness (QED) is 0.679. The van der Waals surface area contributed by atoms with Crippen LogP contribution in [0.25, 0.3) is 0 Å². The van der Waals surface area contributed by atoms with Gasteiger partial charge in [0.25, 0.3) is 0 Å². The number of hydrogen-bond donors (Lipinski definition) is 1. The third-order valence-electron chi connectivity index (χ3n) is 3.06. The van der Waals surface area contributed by atoms with Crippen LogP contribution in [0.3, 0.4) is 0 Å². The Morgan fingerprint density at radius 2 is 2.25 bits per heavy atom. The van der Waals surface area contributed by atoms with Gasteiger partial charge in [0.1, 0.15) is 0 Å². The molecule has 2 unspecified atom stereocenters. The van der Waals surface area contributed by atoms with Crippen LogP contribution in [0.1, 0.15) is 44.1 Å². The van der Waals surface area contributed by atoms with E-state index in [1.807, 2.05) is 12.4 Å². The fraction of sp³-hybridized carbons (Fsp3) is 0.700. The number of nitrogens with zero attached hydrogens (tertiary/aromatic N) is 1. The zero-order valence-corrected chi connectivity index (χ0v) is 7.59. The molecule has 2 atom stereocenters. The van der Waals surface area contributed by atoms with Crippen LogP contribution in [0.2, 0.25) is 0 Å². The van der Waals surface area contributed by atoms with Crippen molar-refractivity contribution in [1.29, 1.82) is 0 Å². The summed E-state index contributed by atoms with van der Waals surface area (Å²) in [6, 6.07) is 0. The molecule has 0 saturated heterocycles. The lowest BCUT2D eigenvalue weighted by Crippen LogP contribution is -2.13. The Hall–Kier alpha value is -0.790. The van der Waals surface area contributed by atoms with Crippen LogP contribution >= 0.6 is 0 Å². The molecule has 0 spiro atoms. The zero-order chi connectivity index (χ0) is 8.39. The summed E-state index contributed by atoms with van der Waals surface area (Å²) in [6.45, 7) is 2.36. The average molecular weight is 164 g/mol. The lowest BCUT2D eigenvalue weighted by Gasteiger charge is -2.27. The van der Waals surface area contributed by atoms with Gasteiger partial charge < -0.3 is 0 Å². The second kappa shape index (κ2) is 3.30. The molecule has 1 heterocycles. The van der Waals surface area contributed by atoms with Gasteiger partial charge in [-0.05, 0) is 23.8 Å². The lowest BCUT2D eigenvalue weighted by molar-refractivity contribution is 0.330. The van der Waals surface area contributed by atoms with Crippen LogP contribution in [0, 0.1) is 5.92 Å². The molecule has 1 aliphatic carbocycles. The zero-order valence-electron chi connectivity index (χ0n) is 7.59. The van der Waals surface area contributed by atoms with E-state index in [9.17, 15) is 0 Å². The standard InChI is InChI=1S/C10H16N2/c1-8-4-2-3-5-10(8)9-6-11-12-7-9/h6-8,10H,2-5H2,1H3,(H,11,12). The van der Waals surface area contributed by atoms with Crippen LogP contribution in [-0.4, -0.2) is 10.2 Å². The monoisotopic (exact) mass is 164 g/mol.